The van der Waals surface area contributed by atoms with Gasteiger partial charge in [-0.15, -0.1) is 0 Å². The van der Waals surface area contributed by atoms with Gasteiger partial charge in [0.25, 0.3) is 5.56 Å². The van der Waals surface area contributed by atoms with Gasteiger partial charge in [-0.2, -0.15) is 0 Å². The molecule has 3 aliphatic heterocycles. The van der Waals surface area contributed by atoms with Crippen LogP contribution in [0.25, 0.3) is 0 Å². The molecule has 0 saturated carbocycles. The zero-order valence-electron chi connectivity index (χ0n) is 16.8. The minimum atomic E-state index is -0.200. The number of nitrogens with one attached hydrogen (secondary N) is 2. The van der Waals surface area contributed by atoms with E-state index in [1.165, 1.54) is 0 Å². The van der Waals surface area contributed by atoms with E-state index in [0.717, 1.165) is 50.4 Å². The van der Waals surface area contributed by atoms with E-state index < -0.39 is 0 Å². The molecule has 150 valence electrons. The van der Waals surface area contributed by atoms with Crippen molar-refractivity contribution >= 4 is 5.91 Å². The Labute approximate surface area is 164 Å². The van der Waals surface area contributed by atoms with Crippen molar-refractivity contribution in [3.8, 4) is 0 Å². The normalized spacial score (nSPS) is 22.5. The Morgan fingerprint density at radius 2 is 2.04 bits per heavy atom. The van der Waals surface area contributed by atoms with Gasteiger partial charge < -0.3 is 14.9 Å². The second kappa shape index (κ2) is 7.50. The molecule has 1 amide bonds. The molecule has 3 fully saturated rings. The predicted molar refractivity (Wildman–Crippen MR) is 105 cm³/mol. The highest BCUT2D eigenvalue weighted by molar-refractivity contribution is 5.79. The number of rotatable bonds is 4. The van der Waals surface area contributed by atoms with Crippen molar-refractivity contribution in [1.29, 1.82) is 0 Å². The number of aryl methyl sites for hydroxylation is 3. The van der Waals surface area contributed by atoms with Crippen molar-refractivity contribution < 1.29 is 4.79 Å². The molecule has 0 radical (unpaired) electrons. The highest BCUT2D eigenvalue weighted by atomic mass is 16.2. The Balaban J connectivity index is 1.48. The summed E-state index contributed by atoms with van der Waals surface area (Å²) in [6.07, 6.45) is 4.03. The van der Waals surface area contributed by atoms with Gasteiger partial charge in [0.1, 0.15) is 5.82 Å². The first kappa shape index (κ1) is 18.9. The van der Waals surface area contributed by atoms with Gasteiger partial charge >= 0.3 is 0 Å². The summed E-state index contributed by atoms with van der Waals surface area (Å²) in [5.41, 5.74) is 3.11. The summed E-state index contributed by atoms with van der Waals surface area (Å²) in [4.78, 5) is 44.4. The van der Waals surface area contributed by atoms with Crippen molar-refractivity contribution in [2.45, 2.75) is 52.6 Å². The first-order valence-electron chi connectivity index (χ1n) is 9.97. The van der Waals surface area contributed by atoms with Gasteiger partial charge in [-0.1, -0.05) is 0 Å². The summed E-state index contributed by atoms with van der Waals surface area (Å²) in [7, 11) is 0. The van der Waals surface area contributed by atoms with Gasteiger partial charge in [-0.3, -0.25) is 14.5 Å². The van der Waals surface area contributed by atoms with E-state index in [0.29, 0.717) is 23.0 Å². The molecule has 3 aliphatic rings. The number of aromatic amines is 2. The number of imidazole rings is 1. The van der Waals surface area contributed by atoms with Crippen LogP contribution in [0.4, 0.5) is 0 Å². The van der Waals surface area contributed by atoms with Crippen LogP contribution in [0.15, 0.2) is 11.1 Å². The largest absolute Gasteiger partial charge is 0.348 e. The van der Waals surface area contributed by atoms with E-state index in [2.05, 4.69) is 24.8 Å². The Kier molecular flexibility index (Phi) is 5.05. The number of hydrogen-bond donors (Lipinski definition) is 2. The fraction of sp³-hybridized carbons (Fsp3) is 0.600. The fourth-order valence-corrected chi connectivity index (χ4v) is 4.58. The van der Waals surface area contributed by atoms with Gasteiger partial charge in [0, 0.05) is 49.2 Å². The Morgan fingerprint density at radius 1 is 1.21 bits per heavy atom. The van der Waals surface area contributed by atoms with Gasteiger partial charge in [-0.05, 0) is 39.5 Å². The SMILES string of the molecule is Cc1nc(C)c(CC(=O)N2C[C@H]3CC[C@@H]2CN(Cc2nc[nH]c2C)C3)c(=O)[nH]1. The van der Waals surface area contributed by atoms with Gasteiger partial charge in [0.05, 0.1) is 18.4 Å². The Hall–Kier alpha value is -2.48. The Morgan fingerprint density at radius 3 is 2.75 bits per heavy atom. The molecule has 0 unspecified atom stereocenters. The van der Waals surface area contributed by atoms with Gasteiger partial charge in [0.15, 0.2) is 0 Å². The lowest BCUT2D eigenvalue weighted by atomic mass is 9.94. The summed E-state index contributed by atoms with van der Waals surface area (Å²) in [6, 6.07) is 0.197. The molecule has 2 N–H and O–H groups in total. The zero-order valence-corrected chi connectivity index (χ0v) is 16.8. The molecular formula is C20H28N6O2. The molecule has 0 aromatic carbocycles. The summed E-state index contributed by atoms with van der Waals surface area (Å²) in [6.45, 7) is 9.02. The van der Waals surface area contributed by atoms with Crippen LogP contribution in [-0.4, -0.2) is 61.3 Å². The maximum absolute atomic E-state index is 13.1. The molecule has 3 saturated heterocycles. The molecule has 5 heterocycles. The molecule has 8 heteroatoms. The second-order valence-corrected chi connectivity index (χ2v) is 8.20. The lowest BCUT2D eigenvalue weighted by Crippen LogP contribution is -2.48. The van der Waals surface area contributed by atoms with Crippen LogP contribution in [0.2, 0.25) is 0 Å². The monoisotopic (exact) mass is 384 g/mol. The third kappa shape index (κ3) is 3.73. The topological polar surface area (TPSA) is 98.0 Å². The zero-order chi connectivity index (χ0) is 19.8. The van der Waals surface area contributed by atoms with E-state index in [-0.39, 0.29) is 23.9 Å². The maximum atomic E-state index is 13.1. The molecule has 2 atom stereocenters. The predicted octanol–water partition coefficient (Wildman–Crippen LogP) is 1.08. The first-order valence-corrected chi connectivity index (χ1v) is 9.97. The van der Waals surface area contributed by atoms with Crippen LogP contribution in [0, 0.1) is 26.7 Å². The summed E-state index contributed by atoms with van der Waals surface area (Å²) in [5, 5.41) is 0. The third-order valence-electron chi connectivity index (χ3n) is 6.09. The van der Waals surface area contributed by atoms with E-state index in [1.54, 1.807) is 20.2 Å². The van der Waals surface area contributed by atoms with Crippen molar-refractivity contribution in [3.63, 3.8) is 0 Å². The molecule has 5 rings (SSSR count). The van der Waals surface area contributed by atoms with Crippen molar-refractivity contribution in [3.05, 3.63) is 45.2 Å². The lowest BCUT2D eigenvalue weighted by Gasteiger charge is -2.36. The number of H-pyrrole nitrogens is 2. The molecular weight excluding hydrogens is 356 g/mol. The van der Waals surface area contributed by atoms with Crippen molar-refractivity contribution in [1.82, 2.24) is 29.7 Å². The van der Waals surface area contributed by atoms with Crippen molar-refractivity contribution in [2.24, 2.45) is 5.92 Å². The number of fused-ring (bicyclic) bond motifs is 4. The lowest BCUT2D eigenvalue weighted by molar-refractivity contribution is -0.134. The molecule has 2 bridgehead atoms. The average Bonchev–Trinajstić information content (AvgIpc) is 2.85. The minimum absolute atomic E-state index is 0.0340. The highest BCUT2D eigenvalue weighted by Gasteiger charge is 2.37. The third-order valence-corrected chi connectivity index (χ3v) is 6.09. The second-order valence-electron chi connectivity index (χ2n) is 8.20. The number of aromatic nitrogens is 4. The van der Waals surface area contributed by atoms with E-state index >= 15 is 0 Å². The van der Waals surface area contributed by atoms with Crippen LogP contribution in [0.1, 0.15) is 41.3 Å². The smallest absolute Gasteiger partial charge is 0.254 e. The van der Waals surface area contributed by atoms with Crippen LogP contribution < -0.4 is 5.56 Å². The number of hydrogen-bond acceptors (Lipinski definition) is 5. The van der Waals surface area contributed by atoms with Crippen molar-refractivity contribution in [2.75, 3.05) is 19.6 Å². The number of carbonyl (C=O) groups excluding carboxylic acids is 1. The average molecular weight is 384 g/mol. The van der Waals surface area contributed by atoms with E-state index in [9.17, 15) is 9.59 Å². The van der Waals surface area contributed by atoms with Gasteiger partial charge in [-0.25, -0.2) is 9.97 Å². The molecule has 28 heavy (non-hydrogen) atoms. The summed E-state index contributed by atoms with van der Waals surface area (Å²) < 4.78 is 0. The van der Waals surface area contributed by atoms with Crippen LogP contribution >= 0.6 is 0 Å². The summed E-state index contributed by atoms with van der Waals surface area (Å²) in [5.74, 6) is 1.08. The Bertz CT molecular complexity index is 933. The fourth-order valence-electron chi connectivity index (χ4n) is 4.58. The standard InChI is InChI=1S/C20H28N6O2/c1-12-17(20(28)24-14(3)23-12)6-19(27)26-8-15-4-5-16(26)9-25(7-15)10-18-13(2)21-11-22-18/h11,15-16H,4-10H2,1-3H3,(H,21,22)(H,23,24,28)/t15-,16+/m0/s1. The molecule has 8 nitrogen and oxygen atoms in total. The maximum Gasteiger partial charge on any atom is 0.254 e. The molecule has 0 spiro atoms. The molecule has 2 aromatic heterocycles. The van der Waals surface area contributed by atoms with Crippen LogP contribution in [0.3, 0.4) is 0 Å². The number of piperidine rings is 1. The van der Waals surface area contributed by atoms with Crippen LogP contribution in [-0.2, 0) is 17.8 Å². The number of amides is 1. The minimum Gasteiger partial charge on any atom is -0.348 e. The first-order chi connectivity index (χ1) is 13.4. The molecule has 2 aromatic rings. The molecule has 0 aliphatic carbocycles. The quantitative estimate of drug-likeness (QED) is 0.822. The van der Waals surface area contributed by atoms with Gasteiger partial charge in [0.2, 0.25) is 5.91 Å². The van der Waals surface area contributed by atoms with E-state index in [4.69, 9.17) is 0 Å². The highest BCUT2D eigenvalue weighted by Crippen LogP contribution is 2.29. The summed E-state index contributed by atoms with van der Waals surface area (Å²) >= 11 is 0. The number of carbonyl (C=O) groups is 1. The van der Waals surface area contributed by atoms with E-state index in [1.807, 2.05) is 11.8 Å². The number of nitrogens with zero attached hydrogens (tertiary/aromatic N) is 4. The van der Waals surface area contributed by atoms with Crippen LogP contribution in [0.5, 0.6) is 0 Å².